The third-order valence-corrected chi connectivity index (χ3v) is 1.29. The minimum absolute atomic E-state index is 0.213. The molecule has 0 amide bonds. The van der Waals surface area contributed by atoms with Crippen LogP contribution in [0, 0.1) is 11.3 Å². The highest BCUT2D eigenvalue weighted by molar-refractivity contribution is 5.28. The van der Waals surface area contributed by atoms with Crippen LogP contribution in [0.25, 0.3) is 0 Å². The number of hydrogen-bond donors (Lipinski definition) is 0. The minimum Gasteiger partial charge on any atom is -0.343 e. The molecule has 0 aromatic carbocycles. The van der Waals surface area contributed by atoms with E-state index < -0.39 is 0 Å². The van der Waals surface area contributed by atoms with E-state index in [1.165, 1.54) is 6.20 Å². The summed E-state index contributed by atoms with van der Waals surface area (Å²) in [6.45, 7) is 4.85. The summed E-state index contributed by atoms with van der Waals surface area (Å²) in [5.41, 5.74) is 0.579. The van der Waals surface area contributed by atoms with Gasteiger partial charge in [0.05, 0.1) is 6.07 Å². The molecule has 0 heterocycles. The van der Waals surface area contributed by atoms with E-state index >= 15 is 0 Å². The van der Waals surface area contributed by atoms with Crippen LogP contribution in [0.1, 0.15) is 6.92 Å². The Kier molecular flexibility index (Phi) is 11.7. The molecule has 0 saturated heterocycles. The lowest BCUT2D eigenvalue weighted by Crippen LogP contribution is -2.30. The molecule has 86 valence electrons. The van der Waals surface area contributed by atoms with Gasteiger partial charge in [0.2, 0.25) is 6.41 Å². The third kappa shape index (κ3) is 10.7. The maximum absolute atomic E-state index is 8.06. The first-order chi connectivity index (χ1) is 7.03. The van der Waals surface area contributed by atoms with Crippen molar-refractivity contribution in [2.45, 2.75) is 13.3 Å². The third-order valence-electron chi connectivity index (χ3n) is 1.29. The van der Waals surface area contributed by atoms with E-state index in [4.69, 9.17) is 14.7 Å². The summed E-state index contributed by atoms with van der Waals surface area (Å²) >= 11 is 0. The van der Waals surface area contributed by atoms with Gasteiger partial charge >= 0.3 is 0 Å². The molecule has 0 aliphatic rings. The van der Waals surface area contributed by atoms with Crippen LogP contribution in [-0.2, 0) is 9.47 Å². The van der Waals surface area contributed by atoms with Crippen molar-refractivity contribution in [1.82, 2.24) is 4.90 Å². The molecule has 0 radical (unpaired) electrons. The Balaban J connectivity index is 0. The van der Waals surface area contributed by atoms with Gasteiger partial charge in [-0.25, -0.2) is 0 Å². The summed E-state index contributed by atoms with van der Waals surface area (Å²) in [6.07, 6.45) is 1.20. The van der Waals surface area contributed by atoms with Gasteiger partial charge in [0.15, 0.2) is 0 Å². The van der Waals surface area contributed by atoms with Crippen molar-refractivity contribution in [2.75, 3.05) is 28.3 Å². The number of allylic oxidation sites excluding steroid dienone is 1. The molecule has 0 unspecified atom stereocenters. The first-order valence-electron chi connectivity index (χ1n) is 4.28. The van der Waals surface area contributed by atoms with Crippen LogP contribution in [0.3, 0.4) is 0 Å². The van der Waals surface area contributed by atoms with Gasteiger partial charge in [0.25, 0.3) is 0 Å². The molecule has 0 aromatic heterocycles. The molecule has 0 aromatic rings. The number of hydrogen-bond acceptors (Lipinski definition) is 5. The summed E-state index contributed by atoms with van der Waals surface area (Å²) < 4.78 is 9.73. The summed E-state index contributed by atoms with van der Waals surface area (Å²) in [5, 5.41) is 8.06. The lowest BCUT2D eigenvalue weighted by molar-refractivity contribution is -0.179. The van der Waals surface area contributed by atoms with Crippen LogP contribution in [-0.4, -0.2) is 46.3 Å². The lowest BCUT2D eigenvalue weighted by Gasteiger charge is -2.19. The molecule has 0 rings (SSSR count). The Labute approximate surface area is 91.6 Å². The summed E-state index contributed by atoms with van der Waals surface area (Å²) in [7, 11) is 6.98. The SMILES string of the molecule is C=N/C=C(\C)C#N.COC(OC)N(C)C. The van der Waals surface area contributed by atoms with Gasteiger partial charge in [0.1, 0.15) is 0 Å². The summed E-state index contributed by atoms with van der Waals surface area (Å²) in [5.74, 6) is 0. The topological polar surface area (TPSA) is 57.9 Å². The smallest absolute Gasteiger partial charge is 0.217 e. The number of aliphatic imine (C=N–C) groups is 1. The van der Waals surface area contributed by atoms with E-state index in [0.717, 1.165) is 0 Å². The molecule has 0 fully saturated rings. The van der Waals surface area contributed by atoms with Gasteiger partial charge < -0.3 is 9.47 Å². The van der Waals surface area contributed by atoms with Gasteiger partial charge in [-0.2, -0.15) is 5.26 Å². The van der Waals surface area contributed by atoms with Gasteiger partial charge in [-0.15, -0.1) is 0 Å². The molecule has 0 saturated carbocycles. The van der Waals surface area contributed by atoms with E-state index in [1.54, 1.807) is 21.1 Å². The van der Waals surface area contributed by atoms with Crippen molar-refractivity contribution < 1.29 is 9.47 Å². The lowest BCUT2D eigenvalue weighted by atomic mass is 10.4. The number of ether oxygens (including phenoxy) is 2. The second-order valence-corrected chi connectivity index (χ2v) is 2.85. The number of methoxy groups -OCH3 is 2. The predicted octanol–water partition coefficient (Wildman–Crippen LogP) is 1.24. The molecule has 0 aliphatic carbocycles. The zero-order chi connectivity index (χ0) is 12.3. The molecule has 15 heavy (non-hydrogen) atoms. The quantitative estimate of drug-likeness (QED) is 0.400. The normalized spacial score (nSPS) is 10.7. The molecule has 0 spiro atoms. The molecule has 5 nitrogen and oxygen atoms in total. The standard InChI is InChI=1S/C5H6N2.C5H13NO2/c1-5(3-6)4-7-2;1-6(2)5(7-3)8-4/h4H,2H2,1H3;5H,1-4H3/b5-4+;. The Morgan fingerprint density at radius 2 is 1.93 bits per heavy atom. The van der Waals surface area contributed by atoms with Crippen molar-refractivity contribution in [3.8, 4) is 6.07 Å². The monoisotopic (exact) mass is 213 g/mol. The Hall–Kier alpha value is -1.22. The molecule has 5 heteroatoms. The largest absolute Gasteiger partial charge is 0.343 e. The van der Waals surface area contributed by atoms with Crippen LogP contribution < -0.4 is 0 Å². The average molecular weight is 213 g/mol. The molecule has 0 atom stereocenters. The summed E-state index contributed by atoms with van der Waals surface area (Å²) in [6, 6.07) is 1.89. The van der Waals surface area contributed by atoms with Gasteiger partial charge in [-0.1, -0.05) is 0 Å². The maximum atomic E-state index is 8.06. The number of nitrogens with zero attached hydrogens (tertiary/aromatic N) is 3. The van der Waals surface area contributed by atoms with Gasteiger partial charge in [-0.05, 0) is 27.7 Å². The first kappa shape index (κ1) is 16.2. The fraction of sp³-hybridized carbons (Fsp3) is 0.600. The zero-order valence-corrected chi connectivity index (χ0v) is 10.0. The van der Waals surface area contributed by atoms with E-state index in [2.05, 4.69) is 11.7 Å². The summed E-state index contributed by atoms with van der Waals surface area (Å²) in [4.78, 5) is 5.21. The molecule has 0 aliphatic heterocycles. The van der Waals surface area contributed by atoms with Gasteiger partial charge in [-0.3, -0.25) is 9.89 Å². The maximum Gasteiger partial charge on any atom is 0.217 e. The Morgan fingerprint density at radius 1 is 1.47 bits per heavy atom. The second kappa shape index (κ2) is 10.9. The first-order valence-corrected chi connectivity index (χ1v) is 4.28. The molecule has 0 bridgehead atoms. The zero-order valence-electron chi connectivity index (χ0n) is 10.0. The molecular weight excluding hydrogens is 194 g/mol. The van der Waals surface area contributed by atoms with Crippen molar-refractivity contribution in [1.29, 1.82) is 5.26 Å². The van der Waals surface area contributed by atoms with Crippen LogP contribution in [0.2, 0.25) is 0 Å². The second-order valence-electron chi connectivity index (χ2n) is 2.85. The number of rotatable bonds is 4. The van der Waals surface area contributed by atoms with E-state index in [0.29, 0.717) is 5.57 Å². The van der Waals surface area contributed by atoms with E-state index in [1.807, 2.05) is 25.1 Å². The number of nitriles is 1. The Bertz CT molecular complexity index is 227. The highest BCUT2D eigenvalue weighted by Gasteiger charge is 2.04. The average Bonchev–Trinajstić information content (AvgIpc) is 2.20. The Morgan fingerprint density at radius 3 is 2.00 bits per heavy atom. The predicted molar refractivity (Wildman–Crippen MR) is 60.4 cm³/mol. The van der Waals surface area contributed by atoms with Crippen LogP contribution >= 0.6 is 0 Å². The van der Waals surface area contributed by atoms with Crippen LogP contribution in [0.5, 0.6) is 0 Å². The van der Waals surface area contributed by atoms with Crippen molar-refractivity contribution in [2.24, 2.45) is 4.99 Å². The molecule has 0 N–H and O–H groups in total. The van der Waals surface area contributed by atoms with Crippen LogP contribution in [0.4, 0.5) is 0 Å². The fourth-order valence-corrected chi connectivity index (χ4v) is 0.684. The van der Waals surface area contributed by atoms with E-state index in [9.17, 15) is 0 Å². The van der Waals surface area contributed by atoms with Crippen molar-refractivity contribution in [3.63, 3.8) is 0 Å². The van der Waals surface area contributed by atoms with Gasteiger partial charge in [0, 0.05) is 26.0 Å². The fourth-order valence-electron chi connectivity index (χ4n) is 0.684. The highest BCUT2D eigenvalue weighted by Crippen LogP contribution is 1.91. The van der Waals surface area contributed by atoms with Crippen molar-refractivity contribution >= 4 is 6.72 Å². The van der Waals surface area contributed by atoms with Crippen LogP contribution in [0.15, 0.2) is 16.8 Å². The van der Waals surface area contributed by atoms with E-state index in [-0.39, 0.29) is 6.41 Å². The minimum atomic E-state index is -0.213. The molecular formula is C10H19N3O2. The van der Waals surface area contributed by atoms with Crippen molar-refractivity contribution in [3.05, 3.63) is 11.8 Å². The highest BCUT2D eigenvalue weighted by atomic mass is 16.7.